The topological polar surface area (TPSA) is 131 Å². The van der Waals surface area contributed by atoms with Crippen LogP contribution in [0.15, 0.2) is 42.6 Å². The van der Waals surface area contributed by atoms with Crippen molar-refractivity contribution in [3.05, 3.63) is 59.5 Å². The van der Waals surface area contributed by atoms with E-state index in [4.69, 9.17) is 0 Å². The van der Waals surface area contributed by atoms with Crippen molar-refractivity contribution in [1.82, 2.24) is 20.2 Å². The smallest absolute Gasteiger partial charge is 0.453 e. The number of methoxy groups -OCH3 is 1. The molecule has 2 amide bonds. The summed E-state index contributed by atoms with van der Waals surface area (Å²) in [5, 5.41) is 2.46. The lowest BCUT2D eigenvalue weighted by molar-refractivity contribution is -0.132. The quantitative estimate of drug-likeness (QED) is 0.186. The number of carbonyl (C=O) groups excluding carboxylic acids is 2. The Labute approximate surface area is 297 Å². The summed E-state index contributed by atoms with van der Waals surface area (Å²) in [4.78, 5) is 34.2. The van der Waals surface area contributed by atoms with Gasteiger partial charge in [0, 0.05) is 11.6 Å². The third kappa shape index (κ3) is 7.90. The maximum absolute atomic E-state index is 13.2. The molecule has 7 rings (SSSR count). The number of rotatable bonds is 7. The molecule has 4 aliphatic rings. The maximum Gasteiger partial charge on any atom is 0.534 e. The van der Waals surface area contributed by atoms with E-state index in [1.807, 2.05) is 38.1 Å². The number of alkyl carbamates (subject to hydrolysis) is 1. The average Bonchev–Trinajstić information content (AvgIpc) is 3.57. The zero-order chi connectivity index (χ0) is 37.1. The Morgan fingerprint density at radius 1 is 1.00 bits per heavy atom. The van der Waals surface area contributed by atoms with Gasteiger partial charge in [0.1, 0.15) is 18.1 Å². The fourth-order valence-corrected chi connectivity index (χ4v) is 8.21. The summed E-state index contributed by atoms with van der Waals surface area (Å²) < 4.78 is 72.5. The van der Waals surface area contributed by atoms with Gasteiger partial charge in [0.2, 0.25) is 5.91 Å². The SMILES string of the molecule is CC.CCC.COC(=O)NCC(=O)N1C(c2ncc(-c3ccc(-c4ccc(OS(=O)(=O)C(F)(F)F)c5c4CC4(CCCC4)C5)cc3)[nH]2)CC2CC21. The van der Waals surface area contributed by atoms with Crippen molar-refractivity contribution in [2.45, 2.75) is 103 Å². The molecule has 3 unspecified atom stereocenters. The van der Waals surface area contributed by atoms with Crippen LogP contribution in [-0.4, -0.2) is 60.5 Å². The van der Waals surface area contributed by atoms with Crippen molar-refractivity contribution < 1.29 is 40.1 Å². The van der Waals surface area contributed by atoms with Crippen LogP contribution in [0.25, 0.3) is 22.4 Å². The molecule has 1 saturated heterocycles. The van der Waals surface area contributed by atoms with Crippen LogP contribution in [0.5, 0.6) is 5.75 Å². The van der Waals surface area contributed by atoms with E-state index in [9.17, 15) is 31.2 Å². The normalized spacial score (nSPS) is 21.1. The van der Waals surface area contributed by atoms with Gasteiger partial charge in [0.05, 0.1) is 25.0 Å². The second-order valence-corrected chi connectivity index (χ2v) is 15.1. The Bertz CT molecular complexity index is 1820. The Hall–Kier alpha value is -4.07. The molecule has 3 fully saturated rings. The Balaban J connectivity index is 0.000000959. The molecule has 3 aromatic rings. The number of hydrogen-bond donors (Lipinski definition) is 2. The van der Waals surface area contributed by atoms with Crippen molar-refractivity contribution in [3.63, 3.8) is 0 Å². The number of ether oxygens (including phenoxy) is 1. The second kappa shape index (κ2) is 15.3. The van der Waals surface area contributed by atoms with E-state index >= 15 is 0 Å². The Morgan fingerprint density at radius 2 is 1.63 bits per heavy atom. The van der Waals surface area contributed by atoms with E-state index in [2.05, 4.69) is 38.1 Å². The van der Waals surface area contributed by atoms with Gasteiger partial charge in [-0.05, 0) is 78.2 Å². The zero-order valence-corrected chi connectivity index (χ0v) is 30.5. The number of piperidine rings is 1. The van der Waals surface area contributed by atoms with Gasteiger partial charge in [-0.2, -0.15) is 21.6 Å². The van der Waals surface area contributed by atoms with Crippen LogP contribution in [0.3, 0.4) is 0 Å². The predicted molar refractivity (Wildman–Crippen MR) is 187 cm³/mol. The number of hydrogen-bond acceptors (Lipinski definition) is 7. The molecule has 2 aromatic carbocycles. The van der Waals surface area contributed by atoms with Gasteiger partial charge < -0.3 is 24.1 Å². The highest BCUT2D eigenvalue weighted by molar-refractivity contribution is 7.88. The molecule has 1 spiro atoms. The summed E-state index contributed by atoms with van der Waals surface area (Å²) in [6.07, 6.45) is 9.08. The highest BCUT2D eigenvalue weighted by Gasteiger charge is 2.55. The number of nitrogens with one attached hydrogen (secondary N) is 2. The summed E-state index contributed by atoms with van der Waals surface area (Å²) in [7, 11) is -4.55. The van der Waals surface area contributed by atoms with Crippen LogP contribution >= 0.6 is 0 Å². The van der Waals surface area contributed by atoms with Crippen LogP contribution in [0.2, 0.25) is 0 Å². The fourth-order valence-electron chi connectivity index (χ4n) is 7.72. The molecule has 1 aliphatic heterocycles. The van der Waals surface area contributed by atoms with Gasteiger partial charge in [0.15, 0.2) is 0 Å². The highest BCUT2D eigenvalue weighted by atomic mass is 32.2. The van der Waals surface area contributed by atoms with Crippen LogP contribution in [0, 0.1) is 11.3 Å². The number of fused-ring (bicyclic) bond motifs is 2. The standard InChI is InChI=1S/C32H33F3N4O6S.C3H8.C2H6/c1-44-30(41)37-17-28(40)39-25-12-20(25)13-26(39)29-36-16-24(38-29)19-6-4-18(5-7-19)21-8-9-27(45-46(42,43)32(33,34)35)23-15-31(14-22(21)23)10-2-3-11-31;1-3-2;1-2/h4-9,16,20,25-26H,2-3,10-15,17H2,1H3,(H,36,38)(H,37,41);3H2,1-2H3;1-2H3. The molecule has 14 heteroatoms. The van der Waals surface area contributed by atoms with Gasteiger partial charge in [-0.1, -0.05) is 77.3 Å². The predicted octanol–water partition coefficient (Wildman–Crippen LogP) is 8.09. The molecule has 0 radical (unpaired) electrons. The van der Waals surface area contributed by atoms with E-state index < -0.39 is 21.7 Å². The van der Waals surface area contributed by atoms with Crippen LogP contribution in [-0.2, 0) is 32.5 Å². The molecule has 2 N–H and O–H groups in total. The van der Waals surface area contributed by atoms with Crippen molar-refractivity contribution in [2.24, 2.45) is 11.3 Å². The van der Waals surface area contributed by atoms with Gasteiger partial charge in [0.25, 0.3) is 0 Å². The molecule has 3 aliphatic carbocycles. The monoisotopic (exact) mass is 732 g/mol. The third-order valence-corrected chi connectivity index (χ3v) is 11.0. The summed E-state index contributed by atoms with van der Waals surface area (Å²) in [6, 6.07) is 10.6. The number of halogens is 3. The number of alkyl halides is 3. The molecule has 51 heavy (non-hydrogen) atoms. The molecule has 3 atom stereocenters. The van der Waals surface area contributed by atoms with E-state index in [0.29, 0.717) is 30.1 Å². The number of H-pyrrole nitrogens is 1. The average molecular weight is 733 g/mol. The largest absolute Gasteiger partial charge is 0.534 e. The number of carbonyl (C=O) groups is 2. The van der Waals surface area contributed by atoms with E-state index in [0.717, 1.165) is 66.5 Å². The second-order valence-electron chi connectivity index (χ2n) is 13.5. The van der Waals surface area contributed by atoms with Crippen LogP contribution < -0.4 is 9.50 Å². The maximum atomic E-state index is 13.2. The van der Waals surface area contributed by atoms with E-state index in [-0.39, 0.29) is 35.7 Å². The number of aromatic amines is 1. The molecule has 1 aromatic heterocycles. The van der Waals surface area contributed by atoms with Crippen LogP contribution in [0.1, 0.15) is 95.6 Å². The lowest BCUT2D eigenvalue weighted by atomic mass is 9.83. The lowest BCUT2D eigenvalue weighted by Crippen LogP contribution is -2.41. The lowest BCUT2D eigenvalue weighted by Gasteiger charge is -2.26. The van der Waals surface area contributed by atoms with Crippen LogP contribution in [0.4, 0.5) is 18.0 Å². The van der Waals surface area contributed by atoms with Gasteiger partial charge in [-0.25, -0.2) is 9.78 Å². The molecule has 2 saturated carbocycles. The number of aromatic nitrogens is 2. The number of benzene rings is 2. The molecular weight excluding hydrogens is 685 g/mol. The molecule has 10 nitrogen and oxygen atoms in total. The minimum absolute atomic E-state index is 0.101. The van der Waals surface area contributed by atoms with Crippen molar-refractivity contribution in [3.8, 4) is 28.1 Å². The summed E-state index contributed by atoms with van der Waals surface area (Å²) in [5.41, 5.74) is -0.939. The Morgan fingerprint density at radius 3 is 2.25 bits per heavy atom. The fraction of sp³-hybridized carbons (Fsp3) is 0.541. The van der Waals surface area contributed by atoms with E-state index in [1.54, 1.807) is 17.2 Å². The molecule has 0 bridgehead atoms. The minimum atomic E-state index is -5.79. The summed E-state index contributed by atoms with van der Waals surface area (Å²) >= 11 is 0. The zero-order valence-electron chi connectivity index (χ0n) is 29.7. The minimum Gasteiger partial charge on any atom is -0.453 e. The van der Waals surface area contributed by atoms with Gasteiger partial charge in [-0.15, -0.1) is 0 Å². The number of likely N-dealkylation sites (tertiary alicyclic amines) is 1. The van der Waals surface area contributed by atoms with E-state index in [1.165, 1.54) is 19.6 Å². The van der Waals surface area contributed by atoms with Crippen molar-refractivity contribution in [1.29, 1.82) is 0 Å². The first-order chi connectivity index (χ1) is 24.3. The number of imidazole rings is 1. The highest BCUT2D eigenvalue weighted by Crippen LogP contribution is 2.54. The molecular formula is C37H47F3N4O6S. The first-order valence-electron chi connectivity index (χ1n) is 17.7. The summed E-state index contributed by atoms with van der Waals surface area (Å²) in [5.74, 6) is 0.638. The number of nitrogens with zero attached hydrogens (tertiary/aromatic N) is 2. The van der Waals surface area contributed by atoms with Crippen molar-refractivity contribution >= 4 is 22.1 Å². The van der Waals surface area contributed by atoms with Gasteiger partial charge in [-0.3, -0.25) is 4.79 Å². The molecule has 2 heterocycles. The van der Waals surface area contributed by atoms with Gasteiger partial charge >= 0.3 is 21.7 Å². The van der Waals surface area contributed by atoms with Crippen molar-refractivity contribution in [2.75, 3.05) is 13.7 Å². The number of amides is 2. The Kier molecular flexibility index (Phi) is 11.4. The first kappa shape index (κ1) is 38.2. The third-order valence-electron chi connectivity index (χ3n) is 10.0. The molecule has 278 valence electrons. The first-order valence-corrected chi connectivity index (χ1v) is 19.1. The summed E-state index contributed by atoms with van der Waals surface area (Å²) in [6.45, 7) is 8.09.